The Morgan fingerprint density at radius 1 is 0.287 bits per heavy atom. The highest BCUT2D eigenvalue weighted by atomic mass is 14.7. The molecule has 11 aromatic rings. The molecule has 0 unspecified atom stereocenters. The molecule has 0 radical (unpaired) electrons. The average Bonchev–Trinajstić information content (AvgIpc) is 3.55. The van der Waals surface area contributed by atoms with Crippen molar-refractivity contribution in [2.45, 2.75) is 59.3 Å². The van der Waals surface area contributed by atoms with Gasteiger partial charge in [0.05, 0.1) is 17.1 Å². The van der Waals surface area contributed by atoms with Crippen molar-refractivity contribution in [3.8, 4) is 112 Å². The van der Waals surface area contributed by atoms with E-state index >= 15 is 0 Å². The third-order valence-corrected chi connectivity index (χ3v) is 16.8. The molecule has 384 valence electrons. The van der Waals surface area contributed by atoms with Crippen molar-refractivity contribution in [2.75, 3.05) is 0 Å². The van der Waals surface area contributed by atoms with Crippen molar-refractivity contribution in [3.05, 3.63) is 229 Å². The lowest BCUT2D eigenvalue weighted by Gasteiger charge is -2.21. The molecule has 3 nitrogen and oxygen atoms in total. The quantitative estimate of drug-likeness (QED) is 0.128. The Morgan fingerprint density at radius 2 is 0.575 bits per heavy atom. The van der Waals surface area contributed by atoms with E-state index in [4.69, 9.17) is 15.0 Å². The van der Waals surface area contributed by atoms with E-state index in [-0.39, 0.29) is 10.8 Å². The molecule has 3 heterocycles. The van der Waals surface area contributed by atoms with Gasteiger partial charge in [0.1, 0.15) is 39.2 Å². The Labute approximate surface area is 479 Å². The second-order valence-electron chi connectivity index (χ2n) is 23.9. The van der Waals surface area contributed by atoms with Crippen molar-refractivity contribution in [1.29, 1.82) is 0 Å². The second kappa shape index (κ2) is 21.6. The van der Waals surface area contributed by atoms with Crippen molar-refractivity contribution < 1.29 is 0 Å². The van der Waals surface area contributed by atoms with Crippen LogP contribution in [0.3, 0.4) is 0 Å². The van der Waals surface area contributed by atoms with E-state index in [0.29, 0.717) is 0 Å². The summed E-state index contributed by atoms with van der Waals surface area (Å²) in [5.41, 5.74) is 33.2. The number of rotatable bonds is 10. The number of aryl methyl sites for hydroxylation is 1. The summed E-state index contributed by atoms with van der Waals surface area (Å²) in [6, 6.07) is 71.4. The van der Waals surface area contributed by atoms with E-state index < -0.39 is 0 Å². The summed E-state index contributed by atoms with van der Waals surface area (Å²) in [5, 5.41) is 0. The first-order valence-electron chi connectivity index (χ1n) is 28.1. The molecule has 0 N–H and O–H groups in total. The Bertz CT molecular complexity index is 3940. The van der Waals surface area contributed by atoms with Gasteiger partial charge in [-0.2, -0.15) is 0 Å². The van der Waals surface area contributed by atoms with Crippen LogP contribution in [0.25, 0.3) is 112 Å². The van der Waals surface area contributed by atoms with Crippen LogP contribution in [0.15, 0.2) is 213 Å². The van der Waals surface area contributed by atoms with Crippen LogP contribution in [0.4, 0.5) is 0 Å². The van der Waals surface area contributed by atoms with Crippen LogP contribution in [0, 0.1) is 6.92 Å². The van der Waals surface area contributed by atoms with E-state index in [2.05, 4.69) is 288 Å². The molecule has 0 saturated carbocycles. The molecule has 0 amide bonds. The standard InChI is InChI=1S/C72H66B5N3/c1-43-36-62(80-42-61(43)65-66(73)68(75)70(77)69(76)67(65)74)47-26-20-44(21-27-47)55-14-8-11-17-58(55)50-37-51(59-18-12-9-15-56(59)45-22-28-48(29-23-45)63-40-53(32-34-78-63)71(2,3)4)39-52(38-50)60-19-13-10-16-57(60)46-24-30-49(31-25-46)64-41-54(33-35-79-64)72(5,6)7/h8-42H,73-77H2,1-7H3. The monoisotopic (exact) mass is 1030 g/mol. The van der Waals surface area contributed by atoms with Gasteiger partial charge in [-0.3, -0.25) is 15.0 Å². The summed E-state index contributed by atoms with van der Waals surface area (Å²) < 4.78 is 0. The fourth-order valence-electron chi connectivity index (χ4n) is 11.5. The molecule has 3 aromatic heterocycles. The summed E-state index contributed by atoms with van der Waals surface area (Å²) >= 11 is 0. The van der Waals surface area contributed by atoms with Gasteiger partial charge in [-0.1, -0.05) is 198 Å². The normalized spacial score (nSPS) is 11.7. The zero-order chi connectivity index (χ0) is 56.0. The topological polar surface area (TPSA) is 38.7 Å². The van der Waals surface area contributed by atoms with Gasteiger partial charge >= 0.3 is 0 Å². The van der Waals surface area contributed by atoms with Gasteiger partial charge in [0.25, 0.3) is 0 Å². The van der Waals surface area contributed by atoms with Gasteiger partial charge < -0.3 is 0 Å². The lowest BCUT2D eigenvalue weighted by Crippen LogP contribution is -2.55. The van der Waals surface area contributed by atoms with Crippen LogP contribution in [-0.2, 0) is 10.8 Å². The zero-order valence-electron chi connectivity index (χ0n) is 48.5. The fraction of sp³-hybridized carbons (Fsp3) is 0.125. The summed E-state index contributed by atoms with van der Waals surface area (Å²) in [4.78, 5) is 14.7. The minimum Gasteiger partial charge on any atom is -0.256 e. The highest BCUT2D eigenvalue weighted by molar-refractivity contribution is 6.68. The minimum absolute atomic E-state index is 0.0297. The first-order valence-corrected chi connectivity index (χ1v) is 28.1. The van der Waals surface area contributed by atoms with Gasteiger partial charge in [-0.05, 0) is 155 Å². The van der Waals surface area contributed by atoms with Crippen LogP contribution in [0.2, 0.25) is 0 Å². The van der Waals surface area contributed by atoms with Crippen molar-refractivity contribution in [3.63, 3.8) is 0 Å². The van der Waals surface area contributed by atoms with E-state index in [1.807, 2.05) is 12.4 Å². The highest BCUT2D eigenvalue weighted by Gasteiger charge is 2.21. The molecular weight excluding hydrogens is 961 g/mol. The Kier molecular flexibility index (Phi) is 14.5. The summed E-state index contributed by atoms with van der Waals surface area (Å²) in [7, 11) is 11.2. The van der Waals surface area contributed by atoms with Crippen LogP contribution < -0.4 is 27.3 Å². The largest absolute Gasteiger partial charge is 0.256 e. The molecular formula is C72H66B5N3. The first-order chi connectivity index (χ1) is 38.4. The maximum Gasteiger partial charge on any atom is 0.139 e. The molecule has 0 spiro atoms. The fourth-order valence-corrected chi connectivity index (χ4v) is 11.5. The number of pyridine rings is 3. The van der Waals surface area contributed by atoms with E-state index in [0.717, 1.165) is 83.8 Å². The average molecular weight is 1030 g/mol. The van der Waals surface area contributed by atoms with Crippen molar-refractivity contribution >= 4 is 66.5 Å². The predicted molar refractivity (Wildman–Crippen MR) is 357 cm³/mol. The van der Waals surface area contributed by atoms with Gasteiger partial charge in [-0.15, -0.1) is 16.4 Å². The molecule has 11 rings (SSSR count). The molecule has 0 fully saturated rings. The predicted octanol–water partition coefficient (Wildman–Crippen LogP) is 10.7. The number of aromatic nitrogens is 3. The molecule has 0 atom stereocenters. The zero-order valence-corrected chi connectivity index (χ0v) is 48.5. The number of nitrogens with zero attached hydrogens (tertiary/aromatic N) is 3. The summed E-state index contributed by atoms with van der Waals surface area (Å²) in [6.07, 6.45) is 5.95. The SMILES string of the molecule is Bc1c(B)c(B)c(-c2cnc(-c3ccc(-c4ccccc4-c4cc(-c5ccccc5-c5ccc(-c6cc(C(C)(C)C)ccn6)cc5)cc(-c5ccccc5-c5ccc(-c6cc(C(C)(C)C)ccn6)cc5)c4)cc3)cc2C)c(B)c1B. The molecule has 0 aliphatic rings. The molecule has 0 bridgehead atoms. The van der Waals surface area contributed by atoms with E-state index in [1.165, 1.54) is 71.8 Å². The lowest BCUT2D eigenvalue weighted by atomic mass is 9.59. The summed E-state index contributed by atoms with van der Waals surface area (Å²) in [6.45, 7) is 15.7. The van der Waals surface area contributed by atoms with Crippen LogP contribution in [0.5, 0.6) is 0 Å². The molecule has 0 aliphatic heterocycles. The minimum atomic E-state index is 0.0297. The summed E-state index contributed by atoms with van der Waals surface area (Å²) in [5.74, 6) is 0. The van der Waals surface area contributed by atoms with Crippen LogP contribution in [0.1, 0.15) is 58.2 Å². The molecule has 0 aliphatic carbocycles. The highest BCUT2D eigenvalue weighted by Crippen LogP contribution is 2.43. The Morgan fingerprint density at radius 3 is 0.887 bits per heavy atom. The second-order valence-corrected chi connectivity index (χ2v) is 23.9. The van der Waals surface area contributed by atoms with Crippen molar-refractivity contribution in [1.82, 2.24) is 15.0 Å². The van der Waals surface area contributed by atoms with Gasteiger partial charge in [0, 0.05) is 40.8 Å². The Hall–Kier alpha value is -8.47. The molecule has 8 heteroatoms. The smallest absolute Gasteiger partial charge is 0.139 e. The maximum absolute atomic E-state index is 5.11. The van der Waals surface area contributed by atoms with E-state index in [9.17, 15) is 0 Å². The molecule has 0 saturated heterocycles. The third-order valence-electron chi connectivity index (χ3n) is 16.8. The molecule has 80 heavy (non-hydrogen) atoms. The van der Waals surface area contributed by atoms with Crippen LogP contribution >= 0.6 is 0 Å². The molecule has 8 aromatic carbocycles. The first kappa shape index (κ1) is 53.5. The van der Waals surface area contributed by atoms with Crippen molar-refractivity contribution in [2.24, 2.45) is 0 Å². The van der Waals surface area contributed by atoms with Gasteiger partial charge in [-0.25, -0.2) is 0 Å². The maximum atomic E-state index is 5.11. The van der Waals surface area contributed by atoms with E-state index in [1.54, 1.807) is 0 Å². The number of hydrogen-bond donors (Lipinski definition) is 0. The number of hydrogen-bond acceptors (Lipinski definition) is 3. The van der Waals surface area contributed by atoms with Gasteiger partial charge in [0.15, 0.2) is 0 Å². The third kappa shape index (κ3) is 10.6. The lowest BCUT2D eigenvalue weighted by molar-refractivity contribution is 0.589. The van der Waals surface area contributed by atoms with Crippen LogP contribution in [-0.4, -0.2) is 54.2 Å². The Balaban J connectivity index is 1.00. The number of benzene rings is 8. The van der Waals surface area contributed by atoms with Gasteiger partial charge in [0.2, 0.25) is 0 Å².